The van der Waals surface area contributed by atoms with Crippen LogP contribution in [0.1, 0.15) is 31.8 Å². The smallest absolute Gasteiger partial charge is 0.253 e. The average molecular weight is 416 g/mol. The summed E-state index contributed by atoms with van der Waals surface area (Å²) in [6, 6.07) is 24.0. The highest BCUT2D eigenvalue weighted by Gasteiger charge is 2.14. The average Bonchev–Trinajstić information content (AvgIpc) is 2.78. The normalized spacial score (nSPS) is 10.2. The fourth-order valence-electron chi connectivity index (χ4n) is 2.81. The first kappa shape index (κ1) is 21.2. The van der Waals surface area contributed by atoms with Crippen LogP contribution in [0.25, 0.3) is 0 Å². The highest BCUT2D eigenvalue weighted by molar-refractivity contribution is 7.99. The van der Waals surface area contributed by atoms with Crippen molar-refractivity contribution < 1.29 is 9.59 Å². The van der Waals surface area contributed by atoms with Gasteiger partial charge in [-0.2, -0.15) is 5.26 Å². The van der Waals surface area contributed by atoms with Crippen LogP contribution in [0.4, 0.5) is 0 Å². The van der Waals surface area contributed by atoms with Crippen molar-refractivity contribution >= 4 is 23.6 Å². The van der Waals surface area contributed by atoms with Crippen molar-refractivity contribution in [1.29, 1.82) is 5.26 Å². The molecule has 2 amide bonds. The number of rotatable bonds is 6. The SMILES string of the molecule is CN(C)C(=O)c1ccc(CNC(=O)c2ccccc2Sc2ccccc2C#N)cc1. The first-order valence-electron chi connectivity index (χ1n) is 9.34. The Morgan fingerprint density at radius 1 is 0.933 bits per heavy atom. The van der Waals surface area contributed by atoms with Crippen LogP contribution in [-0.2, 0) is 6.54 Å². The molecule has 5 nitrogen and oxygen atoms in total. The van der Waals surface area contributed by atoms with Gasteiger partial charge in [0.2, 0.25) is 0 Å². The van der Waals surface area contributed by atoms with E-state index in [2.05, 4.69) is 11.4 Å². The number of nitriles is 1. The Morgan fingerprint density at radius 3 is 2.23 bits per heavy atom. The van der Waals surface area contributed by atoms with Gasteiger partial charge < -0.3 is 10.2 Å². The topological polar surface area (TPSA) is 73.2 Å². The number of hydrogen-bond acceptors (Lipinski definition) is 4. The lowest BCUT2D eigenvalue weighted by Gasteiger charge is -2.12. The number of nitrogens with zero attached hydrogens (tertiary/aromatic N) is 2. The van der Waals surface area contributed by atoms with E-state index in [1.165, 1.54) is 16.7 Å². The molecule has 3 aromatic rings. The third-order valence-electron chi connectivity index (χ3n) is 4.42. The third kappa shape index (κ3) is 5.07. The van der Waals surface area contributed by atoms with E-state index < -0.39 is 0 Å². The fraction of sp³-hybridized carbons (Fsp3) is 0.125. The van der Waals surface area contributed by atoms with E-state index >= 15 is 0 Å². The van der Waals surface area contributed by atoms with Gasteiger partial charge in [0.1, 0.15) is 6.07 Å². The molecular weight excluding hydrogens is 394 g/mol. The Kier molecular flexibility index (Phi) is 6.89. The first-order chi connectivity index (χ1) is 14.5. The summed E-state index contributed by atoms with van der Waals surface area (Å²) in [6.07, 6.45) is 0. The molecule has 0 unspecified atom stereocenters. The molecule has 0 spiro atoms. The van der Waals surface area contributed by atoms with Crippen LogP contribution in [0, 0.1) is 11.3 Å². The minimum Gasteiger partial charge on any atom is -0.348 e. The Labute approximate surface area is 180 Å². The van der Waals surface area contributed by atoms with Gasteiger partial charge in [0.15, 0.2) is 0 Å². The number of carbonyl (C=O) groups is 2. The summed E-state index contributed by atoms with van der Waals surface area (Å²) in [7, 11) is 3.42. The zero-order valence-electron chi connectivity index (χ0n) is 16.8. The summed E-state index contributed by atoms with van der Waals surface area (Å²) in [5.74, 6) is -0.254. The van der Waals surface area contributed by atoms with Gasteiger partial charge in [-0.1, -0.05) is 48.2 Å². The van der Waals surface area contributed by atoms with E-state index in [0.29, 0.717) is 23.2 Å². The van der Waals surface area contributed by atoms with Gasteiger partial charge in [-0.05, 0) is 42.0 Å². The van der Waals surface area contributed by atoms with Crippen LogP contribution in [0.3, 0.4) is 0 Å². The Bertz CT molecular complexity index is 1100. The minimum atomic E-state index is -0.194. The largest absolute Gasteiger partial charge is 0.348 e. The van der Waals surface area contributed by atoms with Crippen molar-refractivity contribution in [1.82, 2.24) is 10.2 Å². The molecule has 0 atom stereocenters. The summed E-state index contributed by atoms with van der Waals surface area (Å²) in [4.78, 5) is 27.9. The van der Waals surface area contributed by atoms with E-state index in [4.69, 9.17) is 0 Å². The summed E-state index contributed by atoms with van der Waals surface area (Å²) in [6.45, 7) is 0.350. The second-order valence-electron chi connectivity index (χ2n) is 6.79. The van der Waals surface area contributed by atoms with Crippen LogP contribution in [-0.4, -0.2) is 30.8 Å². The molecule has 0 aliphatic rings. The molecule has 0 aromatic heterocycles. The lowest BCUT2D eigenvalue weighted by molar-refractivity contribution is 0.0827. The highest BCUT2D eigenvalue weighted by Crippen LogP contribution is 2.32. The first-order valence-corrected chi connectivity index (χ1v) is 10.2. The lowest BCUT2D eigenvalue weighted by atomic mass is 10.1. The zero-order valence-corrected chi connectivity index (χ0v) is 17.6. The molecule has 0 heterocycles. The second-order valence-corrected chi connectivity index (χ2v) is 7.87. The van der Waals surface area contributed by atoms with Gasteiger partial charge in [0, 0.05) is 36.0 Å². The zero-order chi connectivity index (χ0) is 21.5. The van der Waals surface area contributed by atoms with Gasteiger partial charge in [-0.25, -0.2) is 0 Å². The number of amides is 2. The molecule has 1 N–H and O–H groups in total. The van der Waals surface area contributed by atoms with Gasteiger partial charge in [0.05, 0.1) is 11.1 Å². The lowest BCUT2D eigenvalue weighted by Crippen LogP contribution is -2.24. The van der Waals surface area contributed by atoms with E-state index in [0.717, 1.165) is 15.4 Å². The molecule has 0 saturated heterocycles. The highest BCUT2D eigenvalue weighted by atomic mass is 32.2. The van der Waals surface area contributed by atoms with Crippen LogP contribution in [0.2, 0.25) is 0 Å². The van der Waals surface area contributed by atoms with Crippen molar-refractivity contribution in [3.05, 3.63) is 95.1 Å². The van der Waals surface area contributed by atoms with Crippen molar-refractivity contribution in [3.8, 4) is 6.07 Å². The molecule has 3 aromatic carbocycles. The molecule has 150 valence electrons. The van der Waals surface area contributed by atoms with E-state index in [1.54, 1.807) is 38.4 Å². The maximum absolute atomic E-state index is 12.8. The molecule has 0 bridgehead atoms. The predicted molar refractivity (Wildman–Crippen MR) is 117 cm³/mol. The van der Waals surface area contributed by atoms with Crippen molar-refractivity contribution in [2.75, 3.05) is 14.1 Å². The molecule has 3 rings (SSSR count). The van der Waals surface area contributed by atoms with Crippen LogP contribution < -0.4 is 5.32 Å². The molecule has 30 heavy (non-hydrogen) atoms. The Morgan fingerprint density at radius 2 is 1.57 bits per heavy atom. The Balaban J connectivity index is 1.71. The maximum atomic E-state index is 12.8. The standard InChI is InChI=1S/C24H21N3O2S/c1-27(2)24(29)18-13-11-17(12-14-18)16-26-23(28)20-8-4-6-10-22(20)30-21-9-5-3-7-19(21)15-25/h3-14H,16H2,1-2H3,(H,26,28). The molecular formula is C24H21N3O2S. The van der Waals surface area contributed by atoms with Crippen LogP contribution in [0.5, 0.6) is 0 Å². The molecule has 0 fully saturated rings. The van der Waals surface area contributed by atoms with Gasteiger partial charge in [-0.3, -0.25) is 9.59 Å². The third-order valence-corrected chi connectivity index (χ3v) is 5.57. The fourth-order valence-corrected chi connectivity index (χ4v) is 3.84. The summed E-state index contributed by atoms with van der Waals surface area (Å²) < 4.78 is 0. The number of benzene rings is 3. The van der Waals surface area contributed by atoms with Crippen molar-refractivity contribution in [2.24, 2.45) is 0 Å². The summed E-state index contributed by atoms with van der Waals surface area (Å²) >= 11 is 1.40. The van der Waals surface area contributed by atoms with Crippen LogP contribution >= 0.6 is 11.8 Å². The minimum absolute atomic E-state index is 0.0609. The van der Waals surface area contributed by atoms with E-state index in [-0.39, 0.29) is 11.8 Å². The van der Waals surface area contributed by atoms with Gasteiger partial charge in [-0.15, -0.1) is 0 Å². The van der Waals surface area contributed by atoms with Gasteiger partial charge in [0.25, 0.3) is 11.8 Å². The number of hydrogen-bond donors (Lipinski definition) is 1. The monoisotopic (exact) mass is 415 g/mol. The second kappa shape index (κ2) is 9.77. The molecule has 0 aliphatic heterocycles. The van der Waals surface area contributed by atoms with Gasteiger partial charge >= 0.3 is 0 Å². The molecule has 0 saturated carbocycles. The van der Waals surface area contributed by atoms with E-state index in [1.807, 2.05) is 48.5 Å². The molecule has 0 radical (unpaired) electrons. The number of nitrogens with one attached hydrogen (secondary N) is 1. The molecule has 0 aliphatic carbocycles. The maximum Gasteiger partial charge on any atom is 0.253 e. The van der Waals surface area contributed by atoms with Crippen molar-refractivity contribution in [3.63, 3.8) is 0 Å². The van der Waals surface area contributed by atoms with Crippen LogP contribution in [0.15, 0.2) is 82.6 Å². The number of carbonyl (C=O) groups excluding carboxylic acids is 2. The predicted octanol–water partition coefficient (Wildman–Crippen LogP) is 4.34. The Hall–Kier alpha value is -3.56. The summed E-state index contributed by atoms with van der Waals surface area (Å²) in [5.41, 5.74) is 2.63. The quantitative estimate of drug-likeness (QED) is 0.650. The summed E-state index contributed by atoms with van der Waals surface area (Å²) in [5, 5.41) is 12.2. The van der Waals surface area contributed by atoms with E-state index in [9.17, 15) is 14.9 Å². The van der Waals surface area contributed by atoms with Crippen molar-refractivity contribution in [2.45, 2.75) is 16.3 Å². The molecule has 6 heteroatoms.